The van der Waals surface area contributed by atoms with E-state index in [1.807, 2.05) is 16.8 Å². The van der Waals surface area contributed by atoms with Gasteiger partial charge >= 0.3 is 0 Å². The Morgan fingerprint density at radius 3 is 2.68 bits per heavy atom. The Hall–Kier alpha value is -1.55. The SMILES string of the molecule is CN1C(=O)CCC[C@@H]2CN(C(=O)c3ccc(Cl)cc3)CC[C@H]21. The molecule has 2 atom stereocenters. The van der Waals surface area contributed by atoms with Crippen LogP contribution in [0, 0.1) is 5.92 Å². The Labute approximate surface area is 136 Å². The largest absolute Gasteiger partial charge is 0.342 e. The first-order valence-corrected chi connectivity index (χ1v) is 8.24. The van der Waals surface area contributed by atoms with E-state index in [4.69, 9.17) is 11.6 Å². The minimum atomic E-state index is 0.0633. The van der Waals surface area contributed by atoms with Gasteiger partial charge in [-0.15, -0.1) is 0 Å². The summed E-state index contributed by atoms with van der Waals surface area (Å²) in [5.74, 6) is 0.694. The average Bonchev–Trinajstić information content (AvgIpc) is 2.67. The fraction of sp³-hybridized carbons (Fsp3) is 0.529. The van der Waals surface area contributed by atoms with E-state index in [1.54, 1.807) is 24.3 Å². The van der Waals surface area contributed by atoms with Crippen molar-refractivity contribution in [3.05, 3.63) is 34.9 Å². The zero-order chi connectivity index (χ0) is 15.7. The number of hydrogen-bond donors (Lipinski definition) is 0. The molecule has 1 aromatic rings. The molecule has 0 radical (unpaired) electrons. The maximum absolute atomic E-state index is 12.6. The number of halogens is 1. The van der Waals surface area contributed by atoms with E-state index < -0.39 is 0 Å². The Bertz CT molecular complexity index is 573. The van der Waals surface area contributed by atoms with Crippen LogP contribution in [-0.4, -0.2) is 47.8 Å². The molecule has 0 aliphatic carbocycles. The number of carbonyl (C=O) groups is 2. The van der Waals surface area contributed by atoms with E-state index in [9.17, 15) is 9.59 Å². The van der Waals surface area contributed by atoms with Crippen LogP contribution < -0.4 is 0 Å². The molecule has 2 aliphatic heterocycles. The third-order valence-electron chi connectivity index (χ3n) is 4.93. The van der Waals surface area contributed by atoms with Gasteiger partial charge in [-0.25, -0.2) is 0 Å². The molecule has 2 heterocycles. The van der Waals surface area contributed by atoms with Crippen LogP contribution >= 0.6 is 11.6 Å². The number of rotatable bonds is 1. The Morgan fingerprint density at radius 1 is 1.23 bits per heavy atom. The van der Waals surface area contributed by atoms with Gasteiger partial charge in [0.05, 0.1) is 0 Å². The molecule has 118 valence electrons. The topological polar surface area (TPSA) is 40.6 Å². The second-order valence-electron chi connectivity index (χ2n) is 6.27. The van der Waals surface area contributed by atoms with Gasteiger partial charge in [-0.05, 0) is 49.4 Å². The van der Waals surface area contributed by atoms with Gasteiger partial charge < -0.3 is 9.80 Å². The normalized spacial score (nSPS) is 25.6. The summed E-state index contributed by atoms with van der Waals surface area (Å²) in [6.07, 6.45) is 3.44. The monoisotopic (exact) mass is 320 g/mol. The van der Waals surface area contributed by atoms with Crippen LogP contribution in [0.25, 0.3) is 0 Å². The summed E-state index contributed by atoms with van der Waals surface area (Å²) in [6.45, 7) is 1.45. The molecule has 5 heteroatoms. The molecule has 22 heavy (non-hydrogen) atoms. The van der Waals surface area contributed by atoms with E-state index in [0.717, 1.165) is 25.8 Å². The van der Waals surface area contributed by atoms with E-state index in [2.05, 4.69) is 0 Å². The molecule has 2 saturated heterocycles. The number of likely N-dealkylation sites (tertiary alicyclic amines) is 2. The first-order valence-electron chi connectivity index (χ1n) is 7.87. The summed E-state index contributed by atoms with van der Waals surface area (Å²) in [5.41, 5.74) is 0.681. The number of nitrogens with zero attached hydrogens (tertiary/aromatic N) is 2. The maximum Gasteiger partial charge on any atom is 0.253 e. The summed E-state index contributed by atoms with van der Waals surface area (Å²) < 4.78 is 0. The zero-order valence-corrected chi connectivity index (χ0v) is 13.6. The lowest BCUT2D eigenvalue weighted by molar-refractivity contribution is -0.132. The highest BCUT2D eigenvalue weighted by molar-refractivity contribution is 6.30. The average molecular weight is 321 g/mol. The van der Waals surface area contributed by atoms with Gasteiger partial charge in [0.1, 0.15) is 0 Å². The van der Waals surface area contributed by atoms with E-state index in [0.29, 0.717) is 29.5 Å². The Balaban J connectivity index is 1.72. The van der Waals surface area contributed by atoms with Gasteiger partial charge in [0.2, 0.25) is 5.91 Å². The highest BCUT2D eigenvalue weighted by atomic mass is 35.5. The molecular weight excluding hydrogens is 300 g/mol. The number of piperidine rings is 1. The quantitative estimate of drug-likeness (QED) is 0.798. The molecular formula is C17H21ClN2O2. The van der Waals surface area contributed by atoms with Gasteiger partial charge in [0.25, 0.3) is 5.91 Å². The molecule has 2 aliphatic rings. The van der Waals surface area contributed by atoms with Gasteiger partial charge in [0, 0.05) is 43.2 Å². The summed E-state index contributed by atoms with van der Waals surface area (Å²) in [7, 11) is 1.90. The lowest BCUT2D eigenvalue weighted by Crippen LogP contribution is -2.51. The molecule has 0 saturated carbocycles. The molecule has 1 aromatic carbocycles. The highest BCUT2D eigenvalue weighted by Crippen LogP contribution is 2.30. The molecule has 0 spiro atoms. The van der Waals surface area contributed by atoms with Crippen LogP contribution in [0.2, 0.25) is 5.02 Å². The second-order valence-corrected chi connectivity index (χ2v) is 6.71. The molecule has 0 unspecified atom stereocenters. The lowest BCUT2D eigenvalue weighted by Gasteiger charge is -2.41. The summed E-state index contributed by atoms with van der Waals surface area (Å²) in [4.78, 5) is 28.4. The molecule has 3 rings (SSSR count). The number of hydrogen-bond acceptors (Lipinski definition) is 2. The standard InChI is InChI=1S/C17H21ClN2O2/c1-19-15-9-10-20(11-13(15)3-2-4-16(19)21)17(22)12-5-7-14(18)8-6-12/h5-8,13,15H,2-4,9-11H2,1H3/t13-,15-/m1/s1. The number of amides is 2. The minimum absolute atomic E-state index is 0.0633. The van der Waals surface area contributed by atoms with Crippen molar-refractivity contribution in [2.45, 2.75) is 31.7 Å². The molecule has 0 N–H and O–H groups in total. The van der Waals surface area contributed by atoms with Crippen LogP contribution in [0.3, 0.4) is 0 Å². The van der Waals surface area contributed by atoms with Crippen molar-refractivity contribution in [2.24, 2.45) is 5.92 Å². The van der Waals surface area contributed by atoms with E-state index in [1.165, 1.54) is 0 Å². The van der Waals surface area contributed by atoms with Crippen molar-refractivity contribution >= 4 is 23.4 Å². The number of carbonyl (C=O) groups excluding carboxylic acids is 2. The number of fused-ring (bicyclic) bond motifs is 1. The maximum atomic E-state index is 12.6. The summed E-state index contributed by atoms with van der Waals surface area (Å²) >= 11 is 5.88. The van der Waals surface area contributed by atoms with Crippen LogP contribution in [0.1, 0.15) is 36.0 Å². The van der Waals surface area contributed by atoms with Crippen molar-refractivity contribution in [1.29, 1.82) is 0 Å². The molecule has 2 fully saturated rings. The highest BCUT2D eigenvalue weighted by Gasteiger charge is 2.37. The first kappa shape index (κ1) is 15.3. The summed E-state index contributed by atoms with van der Waals surface area (Å²) in [6, 6.07) is 7.34. The van der Waals surface area contributed by atoms with Crippen molar-refractivity contribution in [2.75, 3.05) is 20.1 Å². The third-order valence-corrected chi connectivity index (χ3v) is 5.18. The van der Waals surface area contributed by atoms with Gasteiger partial charge in [-0.2, -0.15) is 0 Å². The van der Waals surface area contributed by atoms with Gasteiger partial charge in [-0.3, -0.25) is 9.59 Å². The third kappa shape index (κ3) is 2.98. The lowest BCUT2D eigenvalue weighted by atomic mass is 9.88. The molecule has 0 aromatic heterocycles. The molecule has 4 nitrogen and oxygen atoms in total. The van der Waals surface area contributed by atoms with E-state index in [-0.39, 0.29) is 17.9 Å². The first-order chi connectivity index (χ1) is 10.6. The van der Waals surface area contributed by atoms with Crippen molar-refractivity contribution in [3.8, 4) is 0 Å². The predicted molar refractivity (Wildman–Crippen MR) is 85.9 cm³/mol. The minimum Gasteiger partial charge on any atom is -0.342 e. The molecule has 0 bridgehead atoms. The Kier molecular flexibility index (Phi) is 4.39. The van der Waals surface area contributed by atoms with Crippen LogP contribution in [-0.2, 0) is 4.79 Å². The molecule has 2 amide bonds. The smallest absolute Gasteiger partial charge is 0.253 e. The van der Waals surface area contributed by atoms with E-state index >= 15 is 0 Å². The van der Waals surface area contributed by atoms with Gasteiger partial charge in [-0.1, -0.05) is 11.6 Å². The fourth-order valence-corrected chi connectivity index (χ4v) is 3.78. The predicted octanol–water partition coefficient (Wildman–Crippen LogP) is 2.81. The van der Waals surface area contributed by atoms with Crippen molar-refractivity contribution in [3.63, 3.8) is 0 Å². The van der Waals surface area contributed by atoms with Crippen LogP contribution in [0.5, 0.6) is 0 Å². The number of benzene rings is 1. The zero-order valence-electron chi connectivity index (χ0n) is 12.8. The van der Waals surface area contributed by atoms with Crippen LogP contribution in [0.15, 0.2) is 24.3 Å². The van der Waals surface area contributed by atoms with Crippen molar-refractivity contribution < 1.29 is 9.59 Å². The Morgan fingerprint density at radius 2 is 1.95 bits per heavy atom. The van der Waals surface area contributed by atoms with Crippen molar-refractivity contribution in [1.82, 2.24) is 9.80 Å². The van der Waals surface area contributed by atoms with Gasteiger partial charge in [0.15, 0.2) is 0 Å². The second kappa shape index (κ2) is 6.29. The fourth-order valence-electron chi connectivity index (χ4n) is 3.65. The van der Waals surface area contributed by atoms with Crippen LogP contribution in [0.4, 0.5) is 0 Å². The summed E-state index contributed by atoms with van der Waals surface area (Å²) in [5, 5.41) is 0.638.